The predicted octanol–water partition coefficient (Wildman–Crippen LogP) is 4.07. The van der Waals surface area contributed by atoms with E-state index < -0.39 is 0 Å². The topological polar surface area (TPSA) is 17.1 Å². The summed E-state index contributed by atoms with van der Waals surface area (Å²) in [4.78, 5) is 12.6. The van der Waals surface area contributed by atoms with Crippen molar-refractivity contribution >= 4 is 17.1 Å². The smallest absolute Gasteiger partial charge is 0.169 e. The summed E-state index contributed by atoms with van der Waals surface area (Å²) in [6.45, 7) is 3.44. The maximum Gasteiger partial charge on any atom is 0.169 e. The number of carbonyl (C=O) groups excluding carboxylic acids is 1. The van der Waals surface area contributed by atoms with Gasteiger partial charge in [0.1, 0.15) is 5.82 Å². The Labute approximate surface area is 97.6 Å². The summed E-state index contributed by atoms with van der Waals surface area (Å²) in [6.07, 6.45) is 0. The standard InChI is InChI=1S/C13H11FOS/c1-8-3-4-11(14)10(7-8)13-6-5-12(16-13)9(2)15/h3-7H,1-2H3. The average Bonchev–Trinajstić information content (AvgIpc) is 2.70. The van der Waals surface area contributed by atoms with Gasteiger partial charge in [-0.1, -0.05) is 11.6 Å². The van der Waals surface area contributed by atoms with Gasteiger partial charge < -0.3 is 0 Å². The molecule has 0 saturated carbocycles. The number of Topliss-reactive ketones (excluding diaryl/α,β-unsaturated/α-hetero) is 1. The second-order valence-corrected chi connectivity index (χ2v) is 4.79. The van der Waals surface area contributed by atoms with Crippen molar-refractivity contribution in [1.82, 2.24) is 0 Å². The fourth-order valence-corrected chi connectivity index (χ4v) is 2.42. The molecule has 0 atom stereocenters. The zero-order valence-electron chi connectivity index (χ0n) is 9.08. The number of aryl methyl sites for hydroxylation is 1. The number of hydrogen-bond acceptors (Lipinski definition) is 2. The molecule has 1 nitrogen and oxygen atoms in total. The number of benzene rings is 1. The summed E-state index contributed by atoms with van der Waals surface area (Å²) in [5.41, 5.74) is 1.58. The van der Waals surface area contributed by atoms with Crippen molar-refractivity contribution in [3.05, 3.63) is 46.6 Å². The van der Waals surface area contributed by atoms with Crippen molar-refractivity contribution in [3.8, 4) is 10.4 Å². The lowest BCUT2D eigenvalue weighted by Crippen LogP contribution is -1.84. The van der Waals surface area contributed by atoms with E-state index in [1.807, 2.05) is 6.92 Å². The summed E-state index contributed by atoms with van der Waals surface area (Å²) in [5, 5.41) is 0. The van der Waals surface area contributed by atoms with Crippen molar-refractivity contribution in [3.63, 3.8) is 0 Å². The Balaban J connectivity index is 2.50. The predicted molar refractivity (Wildman–Crippen MR) is 64.5 cm³/mol. The van der Waals surface area contributed by atoms with Crippen LogP contribution < -0.4 is 0 Å². The van der Waals surface area contributed by atoms with Gasteiger partial charge in [-0.2, -0.15) is 0 Å². The van der Waals surface area contributed by atoms with E-state index in [0.717, 1.165) is 10.4 Å². The van der Waals surface area contributed by atoms with Crippen molar-refractivity contribution in [2.45, 2.75) is 13.8 Å². The molecule has 0 aliphatic carbocycles. The third-order valence-electron chi connectivity index (χ3n) is 2.34. The van der Waals surface area contributed by atoms with Crippen LogP contribution in [0.2, 0.25) is 0 Å². The first-order valence-electron chi connectivity index (χ1n) is 4.95. The Bertz CT molecular complexity index is 543. The number of carbonyl (C=O) groups is 1. The molecule has 16 heavy (non-hydrogen) atoms. The highest BCUT2D eigenvalue weighted by atomic mass is 32.1. The van der Waals surface area contributed by atoms with Crippen LogP contribution in [0.4, 0.5) is 4.39 Å². The Morgan fingerprint density at radius 2 is 2.00 bits per heavy atom. The van der Waals surface area contributed by atoms with Crippen LogP contribution in [-0.4, -0.2) is 5.78 Å². The van der Waals surface area contributed by atoms with Gasteiger partial charge in [0, 0.05) is 10.4 Å². The van der Waals surface area contributed by atoms with Gasteiger partial charge in [0.15, 0.2) is 5.78 Å². The fourth-order valence-electron chi connectivity index (χ4n) is 1.50. The van der Waals surface area contributed by atoms with E-state index in [0.29, 0.717) is 10.4 Å². The molecule has 0 N–H and O–H groups in total. The summed E-state index contributed by atoms with van der Waals surface area (Å²) in [5.74, 6) is -0.230. The van der Waals surface area contributed by atoms with Crippen molar-refractivity contribution in [1.29, 1.82) is 0 Å². The first-order valence-corrected chi connectivity index (χ1v) is 5.77. The molecule has 2 aromatic rings. The lowest BCUT2D eigenvalue weighted by molar-refractivity contribution is 0.102. The second kappa shape index (κ2) is 4.18. The number of hydrogen-bond donors (Lipinski definition) is 0. The van der Waals surface area contributed by atoms with Crippen molar-refractivity contribution in [2.75, 3.05) is 0 Å². The lowest BCUT2D eigenvalue weighted by atomic mass is 10.1. The Morgan fingerprint density at radius 1 is 1.25 bits per heavy atom. The molecule has 0 saturated heterocycles. The molecule has 3 heteroatoms. The van der Waals surface area contributed by atoms with Crippen LogP contribution in [0.5, 0.6) is 0 Å². The van der Waals surface area contributed by atoms with Gasteiger partial charge in [-0.15, -0.1) is 11.3 Å². The van der Waals surface area contributed by atoms with E-state index in [-0.39, 0.29) is 11.6 Å². The van der Waals surface area contributed by atoms with Crippen LogP contribution in [0.15, 0.2) is 30.3 Å². The normalized spacial score (nSPS) is 10.4. The van der Waals surface area contributed by atoms with Gasteiger partial charge in [0.2, 0.25) is 0 Å². The Kier molecular flexibility index (Phi) is 2.88. The first kappa shape index (κ1) is 11.0. The second-order valence-electron chi connectivity index (χ2n) is 3.70. The molecule has 1 heterocycles. The molecule has 0 radical (unpaired) electrons. The average molecular weight is 234 g/mol. The molecule has 2 rings (SSSR count). The number of halogens is 1. The van der Waals surface area contributed by atoms with Gasteiger partial charge in [-0.3, -0.25) is 4.79 Å². The van der Waals surface area contributed by atoms with E-state index in [2.05, 4.69) is 0 Å². The number of ketones is 1. The van der Waals surface area contributed by atoms with E-state index in [1.165, 1.54) is 24.3 Å². The molecule has 0 aliphatic rings. The minimum absolute atomic E-state index is 0.0179. The SMILES string of the molecule is CC(=O)c1ccc(-c2cc(C)ccc2F)s1. The third kappa shape index (κ3) is 2.04. The molecule has 0 amide bonds. The Morgan fingerprint density at radius 3 is 2.62 bits per heavy atom. The van der Waals surface area contributed by atoms with Crippen LogP contribution >= 0.6 is 11.3 Å². The van der Waals surface area contributed by atoms with Gasteiger partial charge in [0.25, 0.3) is 0 Å². The van der Waals surface area contributed by atoms with Crippen LogP contribution in [0.3, 0.4) is 0 Å². The molecule has 0 fully saturated rings. The molecule has 1 aromatic carbocycles. The quantitative estimate of drug-likeness (QED) is 0.716. The van der Waals surface area contributed by atoms with E-state index >= 15 is 0 Å². The maximum absolute atomic E-state index is 13.6. The summed E-state index contributed by atoms with van der Waals surface area (Å²) < 4.78 is 13.6. The largest absolute Gasteiger partial charge is 0.294 e. The monoisotopic (exact) mass is 234 g/mol. The summed E-state index contributed by atoms with van der Waals surface area (Å²) in [7, 11) is 0. The number of rotatable bonds is 2. The molecule has 0 unspecified atom stereocenters. The third-order valence-corrected chi connectivity index (χ3v) is 3.56. The zero-order valence-corrected chi connectivity index (χ0v) is 9.90. The van der Waals surface area contributed by atoms with Crippen molar-refractivity contribution < 1.29 is 9.18 Å². The minimum Gasteiger partial charge on any atom is -0.294 e. The van der Waals surface area contributed by atoms with Crippen LogP contribution in [0.1, 0.15) is 22.2 Å². The summed E-state index contributed by atoms with van der Waals surface area (Å²) >= 11 is 1.33. The Hall–Kier alpha value is -1.48. The molecule has 0 bridgehead atoms. The maximum atomic E-state index is 13.6. The highest BCUT2D eigenvalue weighted by Gasteiger charge is 2.10. The highest BCUT2D eigenvalue weighted by Crippen LogP contribution is 2.30. The van der Waals surface area contributed by atoms with Crippen LogP contribution in [0.25, 0.3) is 10.4 Å². The molecule has 82 valence electrons. The van der Waals surface area contributed by atoms with Gasteiger partial charge >= 0.3 is 0 Å². The van der Waals surface area contributed by atoms with E-state index in [9.17, 15) is 9.18 Å². The molecular formula is C13H11FOS. The zero-order chi connectivity index (χ0) is 11.7. The molecular weight excluding hydrogens is 223 g/mol. The van der Waals surface area contributed by atoms with E-state index in [1.54, 1.807) is 24.3 Å². The first-order chi connectivity index (χ1) is 7.58. The van der Waals surface area contributed by atoms with Crippen LogP contribution in [-0.2, 0) is 0 Å². The van der Waals surface area contributed by atoms with Crippen LogP contribution in [0, 0.1) is 12.7 Å². The fraction of sp³-hybridized carbons (Fsp3) is 0.154. The molecule has 0 spiro atoms. The summed E-state index contributed by atoms with van der Waals surface area (Å²) in [6, 6.07) is 8.52. The van der Waals surface area contributed by atoms with Gasteiger partial charge in [-0.05, 0) is 38.1 Å². The van der Waals surface area contributed by atoms with Crippen molar-refractivity contribution in [2.24, 2.45) is 0 Å². The van der Waals surface area contributed by atoms with Gasteiger partial charge in [0.05, 0.1) is 4.88 Å². The molecule has 0 aliphatic heterocycles. The highest BCUT2D eigenvalue weighted by molar-refractivity contribution is 7.17. The minimum atomic E-state index is -0.248. The van der Waals surface area contributed by atoms with Gasteiger partial charge in [-0.25, -0.2) is 4.39 Å². The molecule has 1 aromatic heterocycles. The number of thiophene rings is 1. The lowest BCUT2D eigenvalue weighted by Gasteiger charge is -2.01. The van der Waals surface area contributed by atoms with E-state index in [4.69, 9.17) is 0 Å².